The number of hydrogen-bond donors (Lipinski definition) is 0. The largest absolute Gasteiger partial charge is 0.337 e. The van der Waals surface area contributed by atoms with Crippen LogP contribution in [0.1, 0.15) is 45.4 Å². The molecule has 0 aliphatic carbocycles. The summed E-state index contributed by atoms with van der Waals surface area (Å²) < 4.78 is 0. The van der Waals surface area contributed by atoms with Gasteiger partial charge in [-0.1, -0.05) is 6.92 Å². The third-order valence-corrected chi connectivity index (χ3v) is 4.83. The number of thioether (sulfide) groups is 1. The second-order valence-corrected chi connectivity index (χ2v) is 5.90. The van der Waals surface area contributed by atoms with Crippen molar-refractivity contribution in [2.45, 2.75) is 62.8 Å². The number of nitrogens with zero attached hydrogens (tertiary/aromatic N) is 1. The first-order valence-electron chi connectivity index (χ1n) is 6.10. The molecule has 15 heavy (non-hydrogen) atoms. The minimum atomic E-state index is 0.407. The summed E-state index contributed by atoms with van der Waals surface area (Å²) in [6.45, 7) is 2.09. The molecule has 2 unspecified atom stereocenters. The molecule has 2 nitrogen and oxygen atoms in total. The lowest BCUT2D eigenvalue weighted by Gasteiger charge is -2.38. The summed E-state index contributed by atoms with van der Waals surface area (Å²) in [5.41, 5.74) is 0. The molecule has 0 aromatic carbocycles. The van der Waals surface area contributed by atoms with E-state index in [0.717, 1.165) is 18.1 Å². The minimum absolute atomic E-state index is 0.407. The van der Waals surface area contributed by atoms with Gasteiger partial charge in [0.15, 0.2) is 0 Å². The molecule has 2 saturated heterocycles. The minimum Gasteiger partial charge on any atom is -0.337 e. The number of hydrogen-bond acceptors (Lipinski definition) is 2. The van der Waals surface area contributed by atoms with E-state index in [2.05, 4.69) is 18.1 Å². The number of fused-ring (bicyclic) bond motifs is 2. The number of amides is 1. The highest BCUT2D eigenvalue weighted by molar-refractivity contribution is 7.99. The molecule has 0 aromatic heterocycles. The predicted molar refractivity (Wildman–Crippen MR) is 65.1 cm³/mol. The Morgan fingerprint density at radius 1 is 1.33 bits per heavy atom. The molecular formula is C12H21NOS. The molecule has 0 radical (unpaired) electrons. The van der Waals surface area contributed by atoms with Crippen LogP contribution in [0.25, 0.3) is 0 Å². The van der Waals surface area contributed by atoms with Crippen molar-refractivity contribution in [3.05, 3.63) is 0 Å². The average molecular weight is 227 g/mol. The molecule has 0 N–H and O–H groups in total. The molecule has 2 fully saturated rings. The lowest BCUT2D eigenvalue weighted by atomic mass is 10.0. The van der Waals surface area contributed by atoms with Gasteiger partial charge in [-0.25, -0.2) is 0 Å². The molecular weight excluding hydrogens is 206 g/mol. The summed E-state index contributed by atoms with van der Waals surface area (Å²) in [5, 5.41) is 0.799. The Hall–Kier alpha value is -0.180. The first kappa shape index (κ1) is 11.3. The van der Waals surface area contributed by atoms with Crippen molar-refractivity contribution in [1.82, 2.24) is 4.90 Å². The van der Waals surface area contributed by atoms with Crippen molar-refractivity contribution in [2.75, 3.05) is 6.26 Å². The highest BCUT2D eigenvalue weighted by atomic mass is 32.2. The van der Waals surface area contributed by atoms with Gasteiger partial charge < -0.3 is 4.90 Å². The fraction of sp³-hybridized carbons (Fsp3) is 0.917. The lowest BCUT2D eigenvalue weighted by molar-refractivity contribution is -0.135. The van der Waals surface area contributed by atoms with E-state index in [9.17, 15) is 4.79 Å². The van der Waals surface area contributed by atoms with Gasteiger partial charge in [-0.3, -0.25) is 4.79 Å². The maximum Gasteiger partial charge on any atom is 0.223 e. The normalized spacial score (nSPS) is 34.5. The third-order valence-electron chi connectivity index (χ3n) is 3.78. The summed E-state index contributed by atoms with van der Waals surface area (Å²) in [7, 11) is 0. The van der Waals surface area contributed by atoms with Crippen LogP contribution in [0.2, 0.25) is 0 Å². The second kappa shape index (κ2) is 4.77. The van der Waals surface area contributed by atoms with Crippen LogP contribution in [0.5, 0.6) is 0 Å². The summed E-state index contributed by atoms with van der Waals surface area (Å²) in [6, 6.07) is 1.14. The van der Waals surface area contributed by atoms with Gasteiger partial charge in [0.05, 0.1) is 0 Å². The molecule has 1 amide bonds. The smallest absolute Gasteiger partial charge is 0.223 e. The van der Waals surface area contributed by atoms with Gasteiger partial charge in [-0.05, 0) is 38.4 Å². The number of piperidine rings is 1. The topological polar surface area (TPSA) is 20.3 Å². The Balaban J connectivity index is 2.01. The zero-order chi connectivity index (χ0) is 10.8. The van der Waals surface area contributed by atoms with E-state index < -0.39 is 0 Å². The van der Waals surface area contributed by atoms with Crippen LogP contribution in [0.4, 0.5) is 0 Å². The summed E-state index contributed by atoms with van der Waals surface area (Å²) in [6.07, 6.45) is 8.89. The Labute approximate surface area is 96.8 Å². The van der Waals surface area contributed by atoms with Crippen LogP contribution in [-0.4, -0.2) is 34.4 Å². The van der Waals surface area contributed by atoms with Crippen LogP contribution in [0, 0.1) is 0 Å². The van der Waals surface area contributed by atoms with Gasteiger partial charge in [0.1, 0.15) is 0 Å². The van der Waals surface area contributed by atoms with Gasteiger partial charge in [-0.15, -0.1) is 0 Å². The molecule has 2 aliphatic rings. The van der Waals surface area contributed by atoms with E-state index in [1.165, 1.54) is 25.7 Å². The Bertz CT molecular complexity index is 230. The van der Waals surface area contributed by atoms with Crippen LogP contribution in [0.15, 0.2) is 0 Å². The van der Waals surface area contributed by atoms with E-state index in [1.807, 2.05) is 11.8 Å². The molecule has 2 bridgehead atoms. The van der Waals surface area contributed by atoms with Crippen molar-refractivity contribution in [2.24, 2.45) is 0 Å². The summed E-state index contributed by atoms with van der Waals surface area (Å²) >= 11 is 1.98. The van der Waals surface area contributed by atoms with Gasteiger partial charge in [0.25, 0.3) is 0 Å². The van der Waals surface area contributed by atoms with Gasteiger partial charge in [0, 0.05) is 23.8 Å². The molecule has 2 aliphatic heterocycles. The van der Waals surface area contributed by atoms with Crippen LogP contribution in [0.3, 0.4) is 0 Å². The highest BCUT2D eigenvalue weighted by Gasteiger charge is 2.42. The SMILES string of the molecule is CCCC(=O)N1C2CCC1CC(SC)C2. The summed E-state index contributed by atoms with van der Waals surface area (Å²) in [5.74, 6) is 0.407. The Kier molecular flexibility index (Phi) is 3.60. The molecule has 2 atom stereocenters. The van der Waals surface area contributed by atoms with E-state index in [0.29, 0.717) is 18.0 Å². The Morgan fingerprint density at radius 2 is 1.93 bits per heavy atom. The molecule has 0 saturated carbocycles. The second-order valence-electron chi connectivity index (χ2n) is 4.77. The van der Waals surface area contributed by atoms with E-state index in [1.54, 1.807) is 0 Å². The fourth-order valence-corrected chi connectivity index (χ4v) is 3.90. The van der Waals surface area contributed by atoms with Crippen LogP contribution >= 0.6 is 11.8 Å². The van der Waals surface area contributed by atoms with E-state index >= 15 is 0 Å². The highest BCUT2D eigenvalue weighted by Crippen LogP contribution is 2.39. The van der Waals surface area contributed by atoms with Gasteiger partial charge >= 0.3 is 0 Å². The zero-order valence-corrected chi connectivity index (χ0v) is 10.6. The van der Waals surface area contributed by atoms with Gasteiger partial charge in [0.2, 0.25) is 5.91 Å². The molecule has 2 rings (SSSR count). The molecule has 3 heteroatoms. The van der Waals surface area contributed by atoms with Crippen LogP contribution < -0.4 is 0 Å². The quantitative estimate of drug-likeness (QED) is 0.739. The third kappa shape index (κ3) is 2.17. The van der Waals surface area contributed by atoms with Crippen molar-refractivity contribution in [3.8, 4) is 0 Å². The van der Waals surface area contributed by atoms with Crippen LogP contribution in [-0.2, 0) is 4.79 Å². The average Bonchev–Trinajstić information content (AvgIpc) is 2.50. The zero-order valence-electron chi connectivity index (χ0n) is 9.74. The van der Waals surface area contributed by atoms with E-state index in [4.69, 9.17) is 0 Å². The van der Waals surface area contributed by atoms with Gasteiger partial charge in [-0.2, -0.15) is 11.8 Å². The monoisotopic (exact) mass is 227 g/mol. The lowest BCUT2D eigenvalue weighted by Crippen LogP contribution is -2.47. The maximum absolute atomic E-state index is 12.0. The first-order valence-corrected chi connectivity index (χ1v) is 7.39. The molecule has 86 valence electrons. The standard InChI is InChI=1S/C12H21NOS/c1-3-4-12(14)13-9-5-6-10(13)8-11(7-9)15-2/h9-11H,3-8H2,1-2H3. The van der Waals surface area contributed by atoms with Crippen molar-refractivity contribution in [3.63, 3.8) is 0 Å². The molecule has 0 aromatic rings. The number of carbonyl (C=O) groups is 1. The Morgan fingerprint density at radius 3 is 2.40 bits per heavy atom. The maximum atomic E-state index is 12.0. The number of carbonyl (C=O) groups excluding carboxylic acids is 1. The molecule has 2 heterocycles. The molecule has 0 spiro atoms. The van der Waals surface area contributed by atoms with E-state index in [-0.39, 0.29) is 0 Å². The predicted octanol–water partition coefficient (Wildman–Crippen LogP) is 2.67. The van der Waals surface area contributed by atoms with Crippen molar-refractivity contribution in [1.29, 1.82) is 0 Å². The van der Waals surface area contributed by atoms with Crippen molar-refractivity contribution >= 4 is 17.7 Å². The first-order chi connectivity index (χ1) is 7.26. The fourth-order valence-electron chi connectivity index (χ4n) is 3.07. The number of rotatable bonds is 3. The van der Waals surface area contributed by atoms with Crippen molar-refractivity contribution < 1.29 is 4.79 Å². The summed E-state index contributed by atoms with van der Waals surface area (Å²) in [4.78, 5) is 14.2.